The van der Waals surface area contributed by atoms with Crippen LogP contribution < -0.4 is 20.7 Å². The van der Waals surface area contributed by atoms with Crippen molar-refractivity contribution in [1.29, 1.82) is 0 Å². The van der Waals surface area contributed by atoms with Crippen LogP contribution in [0.4, 0.5) is 0 Å². The summed E-state index contributed by atoms with van der Waals surface area (Å²) in [5.41, 5.74) is 2.33. The lowest BCUT2D eigenvalue weighted by molar-refractivity contribution is -0.118. The van der Waals surface area contributed by atoms with Crippen molar-refractivity contribution in [2.45, 2.75) is 27.2 Å². The molecular weight excluding hydrogens is 292 g/mol. The summed E-state index contributed by atoms with van der Waals surface area (Å²) in [5, 5.41) is 9.13. The Morgan fingerprint density at radius 3 is 2.61 bits per heavy atom. The van der Waals surface area contributed by atoms with E-state index in [-0.39, 0.29) is 5.91 Å². The lowest BCUT2D eigenvalue weighted by Crippen LogP contribution is -2.41. The average molecular weight is 320 g/mol. The van der Waals surface area contributed by atoms with Gasteiger partial charge in [-0.1, -0.05) is 12.1 Å². The van der Waals surface area contributed by atoms with Gasteiger partial charge in [0.15, 0.2) is 5.96 Å². The van der Waals surface area contributed by atoms with E-state index in [1.54, 1.807) is 7.11 Å². The number of aliphatic imine (C=N–C) groups is 1. The monoisotopic (exact) mass is 320 g/mol. The summed E-state index contributed by atoms with van der Waals surface area (Å²) in [6, 6.07) is 6.22. The molecule has 23 heavy (non-hydrogen) atoms. The predicted molar refractivity (Wildman–Crippen MR) is 94.1 cm³/mol. The van der Waals surface area contributed by atoms with Gasteiger partial charge in [-0.3, -0.25) is 9.79 Å². The van der Waals surface area contributed by atoms with Crippen molar-refractivity contribution >= 4 is 11.9 Å². The molecular formula is C17H28N4O2. The summed E-state index contributed by atoms with van der Waals surface area (Å²) in [7, 11) is 1.69. The van der Waals surface area contributed by atoms with Crippen LogP contribution >= 0.6 is 0 Å². The van der Waals surface area contributed by atoms with Gasteiger partial charge < -0.3 is 20.7 Å². The van der Waals surface area contributed by atoms with Crippen LogP contribution in [-0.2, 0) is 11.2 Å². The fourth-order valence-corrected chi connectivity index (χ4v) is 2.08. The summed E-state index contributed by atoms with van der Waals surface area (Å²) >= 11 is 0. The number of rotatable bonds is 8. The highest BCUT2D eigenvalue weighted by molar-refractivity contribution is 5.79. The van der Waals surface area contributed by atoms with Gasteiger partial charge in [-0.25, -0.2) is 0 Å². The predicted octanol–water partition coefficient (Wildman–Crippen LogP) is 1.24. The van der Waals surface area contributed by atoms with Crippen LogP contribution in [0.1, 0.15) is 25.0 Å². The van der Waals surface area contributed by atoms with Gasteiger partial charge in [-0.2, -0.15) is 0 Å². The summed E-state index contributed by atoms with van der Waals surface area (Å²) in [4.78, 5) is 15.4. The first-order valence-electron chi connectivity index (χ1n) is 7.97. The first-order valence-corrected chi connectivity index (χ1v) is 7.97. The quantitative estimate of drug-likeness (QED) is 0.383. The molecule has 0 aliphatic rings. The molecule has 0 saturated heterocycles. The Morgan fingerprint density at radius 1 is 1.22 bits per heavy atom. The first-order chi connectivity index (χ1) is 11.1. The molecule has 0 fully saturated rings. The highest BCUT2D eigenvalue weighted by atomic mass is 16.5. The second-order valence-electron chi connectivity index (χ2n) is 5.22. The molecule has 0 atom stereocenters. The van der Waals surface area contributed by atoms with Gasteiger partial charge in [0.2, 0.25) is 5.91 Å². The van der Waals surface area contributed by atoms with Crippen LogP contribution in [0.25, 0.3) is 0 Å². The third-order valence-electron chi connectivity index (χ3n) is 3.28. The molecule has 3 N–H and O–H groups in total. The van der Waals surface area contributed by atoms with Crippen molar-refractivity contribution in [1.82, 2.24) is 16.0 Å². The summed E-state index contributed by atoms with van der Waals surface area (Å²) in [6.45, 7) is 8.26. The number of carbonyl (C=O) groups is 1. The number of nitrogens with one attached hydrogen (secondary N) is 3. The maximum Gasteiger partial charge on any atom is 0.216 e. The number of aryl methyl sites for hydroxylation is 1. The molecule has 0 radical (unpaired) electrons. The number of methoxy groups -OCH3 is 1. The van der Waals surface area contributed by atoms with Gasteiger partial charge in [0.05, 0.1) is 7.11 Å². The Hall–Kier alpha value is -2.24. The molecule has 0 heterocycles. The SMILES string of the molecule is CCNC(=NCCc1ccc(C)c(OC)c1)NCCNC(C)=O. The van der Waals surface area contributed by atoms with E-state index in [9.17, 15) is 4.79 Å². The molecule has 6 heteroatoms. The number of amides is 1. The van der Waals surface area contributed by atoms with Crippen LogP contribution in [-0.4, -0.2) is 45.2 Å². The van der Waals surface area contributed by atoms with E-state index in [0.29, 0.717) is 19.6 Å². The van der Waals surface area contributed by atoms with E-state index < -0.39 is 0 Å². The van der Waals surface area contributed by atoms with Crippen molar-refractivity contribution in [2.24, 2.45) is 4.99 Å². The Morgan fingerprint density at radius 2 is 1.96 bits per heavy atom. The molecule has 1 aromatic rings. The van der Waals surface area contributed by atoms with Gasteiger partial charge in [0.25, 0.3) is 0 Å². The van der Waals surface area contributed by atoms with E-state index in [4.69, 9.17) is 4.74 Å². The molecule has 0 aliphatic heterocycles. The number of hydrogen-bond acceptors (Lipinski definition) is 3. The number of hydrogen-bond donors (Lipinski definition) is 3. The van der Waals surface area contributed by atoms with E-state index in [1.807, 2.05) is 13.8 Å². The summed E-state index contributed by atoms with van der Waals surface area (Å²) in [5.74, 6) is 1.64. The number of nitrogens with zero attached hydrogens (tertiary/aromatic N) is 1. The molecule has 6 nitrogen and oxygen atoms in total. The lowest BCUT2D eigenvalue weighted by Gasteiger charge is -2.11. The largest absolute Gasteiger partial charge is 0.496 e. The fourth-order valence-electron chi connectivity index (χ4n) is 2.08. The zero-order valence-electron chi connectivity index (χ0n) is 14.5. The highest BCUT2D eigenvalue weighted by Crippen LogP contribution is 2.19. The van der Waals surface area contributed by atoms with Gasteiger partial charge >= 0.3 is 0 Å². The molecule has 0 aliphatic carbocycles. The van der Waals surface area contributed by atoms with Crippen molar-refractivity contribution in [2.75, 3.05) is 33.3 Å². The van der Waals surface area contributed by atoms with Crippen molar-refractivity contribution in [3.05, 3.63) is 29.3 Å². The van der Waals surface area contributed by atoms with Crippen molar-refractivity contribution in [3.8, 4) is 5.75 Å². The molecule has 0 spiro atoms. The Labute approximate surface area is 138 Å². The average Bonchev–Trinajstić information content (AvgIpc) is 2.52. The lowest BCUT2D eigenvalue weighted by atomic mass is 10.1. The maximum absolute atomic E-state index is 10.8. The first kappa shape index (κ1) is 18.8. The number of carbonyl (C=O) groups excluding carboxylic acids is 1. The standard InChI is InChI=1S/C17H28N4O2/c1-5-18-17(21-11-10-19-14(3)22)20-9-8-15-7-6-13(2)16(12-15)23-4/h6-7,12H,5,8-11H2,1-4H3,(H,19,22)(H2,18,20,21). The maximum atomic E-state index is 10.8. The normalized spacial score (nSPS) is 11.0. The fraction of sp³-hybridized carbons (Fsp3) is 0.529. The Kier molecular flexibility index (Phi) is 8.57. The second kappa shape index (κ2) is 10.5. The third-order valence-corrected chi connectivity index (χ3v) is 3.28. The van der Waals surface area contributed by atoms with Gasteiger partial charge in [0.1, 0.15) is 5.75 Å². The molecule has 128 valence electrons. The number of ether oxygens (including phenoxy) is 1. The van der Waals surface area contributed by atoms with E-state index in [2.05, 4.69) is 39.1 Å². The summed E-state index contributed by atoms with van der Waals surface area (Å²) in [6.07, 6.45) is 0.846. The Balaban J connectivity index is 2.48. The van der Waals surface area contributed by atoms with E-state index in [1.165, 1.54) is 12.5 Å². The van der Waals surface area contributed by atoms with Gasteiger partial charge in [-0.15, -0.1) is 0 Å². The summed E-state index contributed by atoms with van der Waals surface area (Å²) < 4.78 is 5.34. The van der Waals surface area contributed by atoms with Crippen LogP contribution in [0, 0.1) is 6.92 Å². The van der Waals surface area contributed by atoms with Crippen LogP contribution in [0.2, 0.25) is 0 Å². The number of benzene rings is 1. The zero-order valence-corrected chi connectivity index (χ0v) is 14.5. The topological polar surface area (TPSA) is 74.8 Å². The molecule has 0 bridgehead atoms. The molecule has 0 unspecified atom stereocenters. The Bertz CT molecular complexity index is 529. The molecule has 1 rings (SSSR count). The number of guanidine groups is 1. The minimum absolute atomic E-state index is 0.0259. The molecule has 0 saturated carbocycles. The van der Waals surface area contributed by atoms with E-state index in [0.717, 1.165) is 30.2 Å². The van der Waals surface area contributed by atoms with Crippen molar-refractivity contribution in [3.63, 3.8) is 0 Å². The molecule has 1 amide bonds. The van der Waals surface area contributed by atoms with E-state index >= 15 is 0 Å². The second-order valence-corrected chi connectivity index (χ2v) is 5.22. The zero-order chi connectivity index (χ0) is 17.1. The minimum atomic E-state index is -0.0259. The van der Waals surface area contributed by atoms with Gasteiger partial charge in [0, 0.05) is 33.1 Å². The minimum Gasteiger partial charge on any atom is -0.496 e. The van der Waals surface area contributed by atoms with Crippen molar-refractivity contribution < 1.29 is 9.53 Å². The highest BCUT2D eigenvalue weighted by Gasteiger charge is 2.01. The third kappa shape index (κ3) is 7.54. The smallest absolute Gasteiger partial charge is 0.216 e. The van der Waals surface area contributed by atoms with Crippen LogP contribution in [0.5, 0.6) is 5.75 Å². The van der Waals surface area contributed by atoms with Crippen LogP contribution in [0.15, 0.2) is 23.2 Å². The van der Waals surface area contributed by atoms with Crippen LogP contribution in [0.3, 0.4) is 0 Å². The molecule has 1 aromatic carbocycles. The van der Waals surface area contributed by atoms with Gasteiger partial charge in [-0.05, 0) is 37.5 Å². The molecule has 0 aromatic heterocycles.